The molecule has 0 fully saturated rings. The zero-order valence-electron chi connectivity index (χ0n) is 66.4. The Morgan fingerprint density at radius 1 is 0.171 bits per heavy atom. The van der Waals surface area contributed by atoms with Crippen molar-refractivity contribution in [1.29, 1.82) is 0 Å². The molecule has 0 N–H and O–H groups in total. The van der Waals surface area contributed by atoms with Gasteiger partial charge in [0.05, 0.1) is 33.6 Å². The highest BCUT2D eigenvalue weighted by Gasteiger charge is 2.53. The number of rotatable bonds is 11. The van der Waals surface area contributed by atoms with Gasteiger partial charge in [-0.25, -0.2) is 19.9 Å². The van der Waals surface area contributed by atoms with E-state index in [-0.39, 0.29) is 0 Å². The van der Waals surface area contributed by atoms with Crippen LogP contribution in [-0.2, 0) is 10.8 Å². The SMILES string of the molecule is c1ccc(-c2nc(-c3ccc(-c4cccc5c4oc4ccccc45)cc3)cc(-c3ccc(-c4ccc5c(c4)Oc4ccccc4C54c5ccccc5-c5ccccc54)c(-c4cccc(-c5ccc(-c6cc(-c7ccc(-c8ccc9c(c8)Oc8ccccc8C98c9ccccc9-c9ccccc98)cc7)nc(-c7ccccc7)n6)c6ccccc56)c4)c3)n2)cc1. The van der Waals surface area contributed by atoms with Crippen molar-refractivity contribution in [1.82, 2.24) is 19.9 Å². The van der Waals surface area contributed by atoms with E-state index in [2.05, 4.69) is 388 Å². The van der Waals surface area contributed by atoms with Crippen molar-refractivity contribution in [3.05, 3.63) is 469 Å². The standard InChI is InChI=1S/C116H70N4O3/c1-3-25-75(26-4-1)113-117-103(74-55-51-72(52-56-74)84-38-24-39-93-92-37-13-20-46-107(92)123-112(84)93)69-105(119-113)81-57-60-83(80-59-64-102-111(68-80)122-109-48-22-19-45-100(109)116(102)97-42-16-11-35-89(97)90-36-12-17-43-98(90)116)94(66-81)79-30-23-29-78(65-79)82-61-62-91(86-32-8-7-31-85(82)86)106-70-104(118-114(120-106)76-27-5-2-6-28-76)73-53-49-71(50-54-73)77-58-63-101-110(67-77)121-108-47-21-18-44-99(108)115(101)95-40-14-9-33-87(95)88-34-10-15-41-96(88)115/h1-70H. The molecule has 4 aliphatic rings. The van der Waals surface area contributed by atoms with Crippen molar-refractivity contribution in [2.24, 2.45) is 0 Å². The highest BCUT2D eigenvalue weighted by atomic mass is 16.5. The summed E-state index contributed by atoms with van der Waals surface area (Å²) in [5.41, 5.74) is 34.5. The summed E-state index contributed by atoms with van der Waals surface area (Å²) in [6.45, 7) is 0. The Hall–Kier alpha value is -16.2. The summed E-state index contributed by atoms with van der Waals surface area (Å²) in [6, 6.07) is 152. The summed E-state index contributed by atoms with van der Waals surface area (Å²) in [7, 11) is 0. The minimum Gasteiger partial charge on any atom is -0.457 e. The number of ether oxygens (including phenoxy) is 2. The van der Waals surface area contributed by atoms with Gasteiger partial charge in [0.25, 0.3) is 0 Å². The van der Waals surface area contributed by atoms with Crippen molar-refractivity contribution < 1.29 is 13.9 Å². The van der Waals surface area contributed by atoms with Crippen LogP contribution in [0.15, 0.2) is 429 Å². The number of nitrogens with zero attached hydrogens (tertiary/aromatic N) is 4. The van der Waals surface area contributed by atoms with E-state index in [1.165, 1.54) is 44.5 Å². The van der Waals surface area contributed by atoms with Gasteiger partial charge in [0.15, 0.2) is 11.6 Å². The molecule has 2 aliphatic carbocycles. The van der Waals surface area contributed by atoms with Crippen LogP contribution in [0.3, 0.4) is 0 Å². The maximum Gasteiger partial charge on any atom is 0.160 e. The van der Waals surface area contributed by atoms with Crippen LogP contribution < -0.4 is 9.47 Å². The molecule has 21 aromatic rings. The molecule has 572 valence electrons. The highest BCUT2D eigenvalue weighted by molar-refractivity contribution is 6.10. The molecule has 18 aromatic carbocycles. The molecular weight excluding hydrogens is 1500 g/mol. The van der Waals surface area contributed by atoms with Gasteiger partial charge in [0, 0.05) is 72.0 Å². The van der Waals surface area contributed by atoms with E-state index in [0.29, 0.717) is 11.6 Å². The van der Waals surface area contributed by atoms with Crippen molar-refractivity contribution >= 4 is 32.7 Å². The minimum absolute atomic E-state index is 0.538. The van der Waals surface area contributed by atoms with Crippen LogP contribution in [0.5, 0.6) is 23.0 Å². The molecule has 0 unspecified atom stereocenters. The van der Waals surface area contributed by atoms with Crippen LogP contribution in [0, 0.1) is 0 Å². The molecule has 0 saturated heterocycles. The molecule has 3 aromatic heterocycles. The summed E-state index contributed by atoms with van der Waals surface area (Å²) in [5, 5.41) is 4.35. The van der Waals surface area contributed by atoms with Gasteiger partial charge in [0.2, 0.25) is 0 Å². The molecule has 7 nitrogen and oxygen atoms in total. The van der Waals surface area contributed by atoms with Gasteiger partial charge in [-0.15, -0.1) is 0 Å². The van der Waals surface area contributed by atoms with E-state index in [1.54, 1.807) is 0 Å². The molecule has 2 aliphatic heterocycles. The highest BCUT2D eigenvalue weighted by Crippen LogP contribution is 2.65. The molecule has 0 atom stereocenters. The van der Waals surface area contributed by atoms with Gasteiger partial charge < -0.3 is 13.9 Å². The number of aromatic nitrogens is 4. The normalized spacial score (nSPS) is 13.1. The van der Waals surface area contributed by atoms with Crippen molar-refractivity contribution in [3.63, 3.8) is 0 Å². The quantitative estimate of drug-likeness (QED) is 0.128. The van der Waals surface area contributed by atoms with Crippen LogP contribution in [0.4, 0.5) is 0 Å². The van der Waals surface area contributed by atoms with Gasteiger partial charge in [-0.1, -0.05) is 370 Å². The van der Waals surface area contributed by atoms with Gasteiger partial charge in [0.1, 0.15) is 34.2 Å². The molecule has 0 amide bonds. The average molecular weight is 1570 g/mol. The number of hydrogen-bond donors (Lipinski definition) is 0. The number of hydrogen-bond acceptors (Lipinski definition) is 7. The first-order valence-corrected chi connectivity index (χ1v) is 41.9. The summed E-state index contributed by atoms with van der Waals surface area (Å²) >= 11 is 0. The molecule has 5 heterocycles. The number of benzene rings is 18. The first kappa shape index (κ1) is 69.9. The monoisotopic (exact) mass is 1570 g/mol. The molecular formula is C116H70N4O3. The molecule has 25 rings (SSSR count). The topological polar surface area (TPSA) is 83.2 Å². The third-order valence-corrected chi connectivity index (χ3v) is 25.9. The second-order valence-corrected chi connectivity index (χ2v) is 32.4. The summed E-state index contributed by atoms with van der Waals surface area (Å²) in [5.74, 6) is 4.64. The maximum absolute atomic E-state index is 7.22. The minimum atomic E-state index is -0.620. The Labute approximate surface area is 710 Å². The van der Waals surface area contributed by atoms with Gasteiger partial charge >= 0.3 is 0 Å². The Balaban J connectivity index is 0.607. The number of para-hydroxylation sites is 4. The second kappa shape index (κ2) is 27.7. The van der Waals surface area contributed by atoms with Gasteiger partial charge in [-0.3, -0.25) is 0 Å². The third kappa shape index (κ3) is 10.9. The predicted molar refractivity (Wildman–Crippen MR) is 497 cm³/mol. The van der Waals surface area contributed by atoms with Crippen molar-refractivity contribution in [2.75, 3.05) is 0 Å². The van der Waals surface area contributed by atoms with Crippen LogP contribution in [0.1, 0.15) is 44.5 Å². The van der Waals surface area contributed by atoms with Crippen molar-refractivity contribution in [3.8, 4) is 169 Å². The van der Waals surface area contributed by atoms with E-state index in [4.69, 9.17) is 33.8 Å². The molecule has 0 radical (unpaired) electrons. The van der Waals surface area contributed by atoms with E-state index < -0.39 is 10.8 Å². The van der Waals surface area contributed by atoms with E-state index in [0.717, 1.165) is 190 Å². The lowest BCUT2D eigenvalue weighted by molar-refractivity contribution is 0.436. The lowest BCUT2D eigenvalue weighted by atomic mass is 9.66. The Morgan fingerprint density at radius 3 is 1.11 bits per heavy atom. The maximum atomic E-state index is 7.22. The smallest absolute Gasteiger partial charge is 0.160 e. The summed E-state index contributed by atoms with van der Waals surface area (Å²) in [6.07, 6.45) is 0. The average Bonchev–Trinajstić information content (AvgIpc) is 1.55. The van der Waals surface area contributed by atoms with Gasteiger partial charge in [-0.05, 0) is 160 Å². The third-order valence-electron chi connectivity index (χ3n) is 25.9. The first-order chi connectivity index (χ1) is 60.9. The Kier molecular flexibility index (Phi) is 15.7. The molecule has 123 heavy (non-hydrogen) atoms. The lowest BCUT2D eigenvalue weighted by Crippen LogP contribution is -2.32. The summed E-state index contributed by atoms with van der Waals surface area (Å²) in [4.78, 5) is 21.7. The predicted octanol–water partition coefficient (Wildman–Crippen LogP) is 29.6. The largest absolute Gasteiger partial charge is 0.457 e. The van der Waals surface area contributed by atoms with Crippen LogP contribution in [0.25, 0.3) is 178 Å². The molecule has 2 spiro atoms. The van der Waals surface area contributed by atoms with E-state index >= 15 is 0 Å². The molecule has 0 bridgehead atoms. The fraction of sp³-hybridized carbons (Fsp3) is 0.0172. The summed E-state index contributed by atoms with van der Waals surface area (Å²) < 4.78 is 20.7. The van der Waals surface area contributed by atoms with E-state index in [9.17, 15) is 0 Å². The lowest BCUT2D eigenvalue weighted by Gasteiger charge is -2.39. The van der Waals surface area contributed by atoms with Crippen molar-refractivity contribution in [2.45, 2.75) is 10.8 Å². The molecule has 0 saturated carbocycles. The first-order valence-electron chi connectivity index (χ1n) is 41.9. The van der Waals surface area contributed by atoms with Crippen LogP contribution in [-0.4, -0.2) is 19.9 Å². The molecule has 7 heteroatoms. The Bertz CT molecular complexity index is 7850. The zero-order valence-corrected chi connectivity index (χ0v) is 66.4. The van der Waals surface area contributed by atoms with Crippen LogP contribution in [0.2, 0.25) is 0 Å². The Morgan fingerprint density at radius 2 is 0.537 bits per heavy atom. The van der Waals surface area contributed by atoms with Gasteiger partial charge in [-0.2, -0.15) is 0 Å². The fourth-order valence-electron chi connectivity index (χ4n) is 20.4. The number of fused-ring (bicyclic) bond motifs is 22. The van der Waals surface area contributed by atoms with Crippen LogP contribution >= 0.6 is 0 Å². The zero-order chi connectivity index (χ0) is 80.9. The number of furan rings is 1. The second-order valence-electron chi connectivity index (χ2n) is 32.4. The van der Waals surface area contributed by atoms with E-state index in [1.807, 2.05) is 36.4 Å². The fourth-order valence-corrected chi connectivity index (χ4v) is 20.4.